The van der Waals surface area contributed by atoms with E-state index in [4.69, 9.17) is 5.73 Å². The molecule has 78 valence electrons. The van der Waals surface area contributed by atoms with Gasteiger partial charge in [0.15, 0.2) is 9.84 Å². The number of hydrogen-bond donors (Lipinski definition) is 1. The van der Waals surface area contributed by atoms with Gasteiger partial charge in [-0.3, -0.25) is 0 Å². The summed E-state index contributed by atoms with van der Waals surface area (Å²) < 4.78 is 23.3. The molecule has 1 aliphatic rings. The van der Waals surface area contributed by atoms with Crippen LogP contribution in [0.25, 0.3) is 0 Å². The Morgan fingerprint density at radius 2 is 2.08 bits per heavy atom. The Bertz CT molecular complexity index is 244. The van der Waals surface area contributed by atoms with Crippen LogP contribution in [-0.4, -0.2) is 26.0 Å². The maximum Gasteiger partial charge on any atom is 0.153 e. The van der Waals surface area contributed by atoms with Crippen LogP contribution in [-0.2, 0) is 9.84 Å². The highest BCUT2D eigenvalue weighted by atomic mass is 32.2. The fraction of sp³-hybridized carbons (Fsp3) is 1.00. The molecule has 0 saturated heterocycles. The number of rotatable bonds is 5. The Morgan fingerprint density at radius 3 is 2.46 bits per heavy atom. The molecule has 0 radical (unpaired) electrons. The van der Waals surface area contributed by atoms with Crippen LogP contribution in [0.2, 0.25) is 0 Å². The molecule has 1 unspecified atom stereocenters. The van der Waals surface area contributed by atoms with E-state index in [9.17, 15) is 8.42 Å². The van der Waals surface area contributed by atoms with E-state index in [2.05, 4.69) is 0 Å². The summed E-state index contributed by atoms with van der Waals surface area (Å²) in [4.78, 5) is 0. The third kappa shape index (κ3) is 2.95. The molecule has 0 bridgehead atoms. The number of nitrogens with two attached hydrogens (primary N) is 1. The molecule has 1 atom stereocenters. The Kier molecular flexibility index (Phi) is 3.74. The van der Waals surface area contributed by atoms with Gasteiger partial charge in [-0.15, -0.1) is 0 Å². The molecule has 1 fully saturated rings. The molecule has 0 aliphatic heterocycles. The molecule has 2 N–H and O–H groups in total. The van der Waals surface area contributed by atoms with Crippen LogP contribution in [0.15, 0.2) is 0 Å². The van der Waals surface area contributed by atoms with Crippen molar-refractivity contribution in [2.75, 3.05) is 12.3 Å². The zero-order chi connectivity index (χ0) is 9.90. The van der Waals surface area contributed by atoms with E-state index in [1.54, 1.807) is 6.92 Å². The van der Waals surface area contributed by atoms with E-state index in [1.165, 1.54) is 6.42 Å². The van der Waals surface area contributed by atoms with Gasteiger partial charge in [-0.2, -0.15) is 0 Å². The van der Waals surface area contributed by atoms with Crippen molar-refractivity contribution in [3.05, 3.63) is 0 Å². The summed E-state index contributed by atoms with van der Waals surface area (Å²) in [5.41, 5.74) is 5.34. The van der Waals surface area contributed by atoms with E-state index in [0.717, 1.165) is 12.8 Å². The first kappa shape index (κ1) is 11.0. The summed E-state index contributed by atoms with van der Waals surface area (Å²) in [6, 6.07) is 0. The van der Waals surface area contributed by atoms with Gasteiger partial charge in [0.2, 0.25) is 0 Å². The van der Waals surface area contributed by atoms with E-state index in [1.807, 2.05) is 0 Å². The average molecular weight is 205 g/mol. The highest BCUT2D eigenvalue weighted by molar-refractivity contribution is 7.92. The largest absolute Gasteiger partial charge is 0.330 e. The Balaban J connectivity index is 2.43. The molecule has 13 heavy (non-hydrogen) atoms. The molecule has 0 aromatic carbocycles. The maximum atomic E-state index is 11.7. The summed E-state index contributed by atoms with van der Waals surface area (Å²) in [5.74, 6) is 0.818. The topological polar surface area (TPSA) is 60.2 Å². The number of hydrogen-bond acceptors (Lipinski definition) is 3. The zero-order valence-electron chi connectivity index (χ0n) is 8.20. The van der Waals surface area contributed by atoms with Crippen molar-refractivity contribution in [2.45, 2.75) is 37.9 Å². The van der Waals surface area contributed by atoms with Gasteiger partial charge in [0.25, 0.3) is 0 Å². The van der Waals surface area contributed by atoms with Crippen molar-refractivity contribution in [3.63, 3.8) is 0 Å². The third-order valence-corrected chi connectivity index (χ3v) is 5.28. The van der Waals surface area contributed by atoms with Crippen LogP contribution in [0.3, 0.4) is 0 Å². The summed E-state index contributed by atoms with van der Waals surface area (Å²) in [7, 11) is -2.86. The fourth-order valence-corrected chi connectivity index (χ4v) is 3.38. The van der Waals surface area contributed by atoms with E-state index >= 15 is 0 Å². The van der Waals surface area contributed by atoms with Crippen LogP contribution in [0.4, 0.5) is 0 Å². The molecule has 3 nitrogen and oxygen atoms in total. The first-order valence-corrected chi connectivity index (χ1v) is 6.69. The third-order valence-electron chi connectivity index (χ3n) is 2.88. The predicted octanol–water partition coefficient (Wildman–Crippen LogP) is 0.939. The highest BCUT2D eigenvalue weighted by Gasteiger charge is 2.27. The van der Waals surface area contributed by atoms with Crippen molar-refractivity contribution in [1.82, 2.24) is 0 Å². The minimum atomic E-state index is -2.86. The number of sulfone groups is 1. The smallest absolute Gasteiger partial charge is 0.153 e. The SMILES string of the molecule is CC(CCN)S(=O)(=O)CC1CCC1. The second kappa shape index (κ2) is 4.42. The molecular weight excluding hydrogens is 186 g/mol. The monoisotopic (exact) mass is 205 g/mol. The summed E-state index contributed by atoms with van der Waals surface area (Å²) in [6.45, 7) is 2.23. The molecular formula is C9H19NO2S. The van der Waals surface area contributed by atoms with Gasteiger partial charge in [0.05, 0.1) is 11.0 Å². The minimum absolute atomic E-state index is 0.252. The molecule has 1 saturated carbocycles. The van der Waals surface area contributed by atoms with Crippen molar-refractivity contribution in [3.8, 4) is 0 Å². The second-order valence-corrected chi connectivity index (χ2v) is 6.48. The first-order valence-electron chi connectivity index (χ1n) is 4.98. The van der Waals surface area contributed by atoms with Gasteiger partial charge in [-0.1, -0.05) is 6.42 Å². The van der Waals surface area contributed by atoms with Crippen LogP contribution in [0.1, 0.15) is 32.6 Å². The molecule has 0 aromatic heterocycles. The summed E-state index contributed by atoms with van der Waals surface area (Å²) >= 11 is 0. The Hall–Kier alpha value is -0.0900. The van der Waals surface area contributed by atoms with Gasteiger partial charge in [-0.05, 0) is 38.6 Å². The van der Waals surface area contributed by atoms with Crippen molar-refractivity contribution in [1.29, 1.82) is 0 Å². The van der Waals surface area contributed by atoms with Gasteiger partial charge in [-0.25, -0.2) is 8.42 Å². The summed E-state index contributed by atoms with van der Waals surface area (Å²) in [6.07, 6.45) is 3.98. The van der Waals surface area contributed by atoms with Gasteiger partial charge in [0.1, 0.15) is 0 Å². The van der Waals surface area contributed by atoms with Crippen LogP contribution >= 0.6 is 0 Å². The quantitative estimate of drug-likeness (QED) is 0.726. The van der Waals surface area contributed by atoms with Crippen LogP contribution < -0.4 is 5.73 Å². The van der Waals surface area contributed by atoms with Gasteiger partial charge >= 0.3 is 0 Å². The van der Waals surface area contributed by atoms with E-state index < -0.39 is 9.84 Å². The van der Waals surface area contributed by atoms with E-state index in [0.29, 0.717) is 24.6 Å². The lowest BCUT2D eigenvalue weighted by Gasteiger charge is -2.26. The van der Waals surface area contributed by atoms with Crippen LogP contribution in [0.5, 0.6) is 0 Å². The average Bonchev–Trinajstić information content (AvgIpc) is 1.98. The van der Waals surface area contributed by atoms with Crippen molar-refractivity contribution < 1.29 is 8.42 Å². The highest BCUT2D eigenvalue weighted by Crippen LogP contribution is 2.28. The minimum Gasteiger partial charge on any atom is -0.330 e. The molecule has 4 heteroatoms. The van der Waals surface area contributed by atoms with Crippen LogP contribution in [0, 0.1) is 5.92 Å². The predicted molar refractivity (Wildman–Crippen MR) is 54.3 cm³/mol. The zero-order valence-corrected chi connectivity index (χ0v) is 9.02. The molecule has 1 rings (SSSR count). The molecule has 1 aliphatic carbocycles. The Morgan fingerprint density at radius 1 is 1.46 bits per heavy atom. The standard InChI is InChI=1S/C9H19NO2S/c1-8(5-6-10)13(11,12)7-9-3-2-4-9/h8-9H,2-7,10H2,1H3. The second-order valence-electron chi connectivity index (χ2n) is 4.01. The van der Waals surface area contributed by atoms with Crippen molar-refractivity contribution in [2.24, 2.45) is 11.7 Å². The lowest BCUT2D eigenvalue weighted by Crippen LogP contribution is -2.30. The maximum absolute atomic E-state index is 11.7. The normalized spacial score (nSPS) is 21.1. The fourth-order valence-electron chi connectivity index (χ4n) is 1.57. The van der Waals surface area contributed by atoms with E-state index in [-0.39, 0.29) is 5.25 Å². The lowest BCUT2D eigenvalue weighted by molar-refractivity contribution is 0.346. The first-order chi connectivity index (χ1) is 6.06. The molecule has 0 amide bonds. The molecule has 0 spiro atoms. The summed E-state index contributed by atoms with van der Waals surface area (Å²) in [5, 5.41) is -0.252. The Labute approximate surface area is 80.6 Å². The molecule has 0 aromatic rings. The van der Waals surface area contributed by atoms with Crippen molar-refractivity contribution >= 4 is 9.84 Å². The lowest BCUT2D eigenvalue weighted by atomic mass is 9.87. The van der Waals surface area contributed by atoms with Gasteiger partial charge in [0, 0.05) is 0 Å². The van der Waals surface area contributed by atoms with Gasteiger partial charge < -0.3 is 5.73 Å². The molecule has 0 heterocycles.